The summed E-state index contributed by atoms with van der Waals surface area (Å²) in [7, 11) is 0. The Bertz CT molecular complexity index is 2420. The summed E-state index contributed by atoms with van der Waals surface area (Å²) in [5.74, 6) is 1.65. The van der Waals surface area contributed by atoms with Crippen LogP contribution in [0.2, 0.25) is 0 Å². The van der Waals surface area contributed by atoms with Gasteiger partial charge in [-0.1, -0.05) is 97.1 Å². The first-order valence-electron chi connectivity index (χ1n) is 17.1. The predicted molar refractivity (Wildman–Crippen MR) is 209 cm³/mol. The lowest BCUT2D eigenvalue weighted by Crippen LogP contribution is -2.30. The molecule has 6 nitrogen and oxygen atoms in total. The van der Waals surface area contributed by atoms with Gasteiger partial charge < -0.3 is 10.6 Å². The van der Waals surface area contributed by atoms with Crippen molar-refractivity contribution in [2.24, 2.45) is 5.73 Å². The molecule has 244 valence electrons. The van der Waals surface area contributed by atoms with E-state index in [2.05, 4.69) is 141 Å². The van der Waals surface area contributed by atoms with E-state index >= 15 is 0 Å². The molecule has 6 heteroatoms. The van der Waals surface area contributed by atoms with E-state index in [9.17, 15) is 0 Å². The van der Waals surface area contributed by atoms with Gasteiger partial charge >= 0.3 is 0 Å². The molecule has 0 aliphatic carbocycles. The van der Waals surface area contributed by atoms with Gasteiger partial charge in [-0.2, -0.15) is 0 Å². The van der Waals surface area contributed by atoms with Crippen LogP contribution in [0.25, 0.3) is 56.2 Å². The third kappa shape index (κ3) is 5.54. The summed E-state index contributed by atoms with van der Waals surface area (Å²) in [5.41, 5.74) is 18.2. The minimum atomic E-state index is -0.544. The van der Waals surface area contributed by atoms with Crippen molar-refractivity contribution in [1.82, 2.24) is 19.1 Å². The quantitative estimate of drug-likeness (QED) is 0.165. The largest absolute Gasteiger partial charge is 0.321 e. The van der Waals surface area contributed by atoms with Crippen molar-refractivity contribution in [1.29, 1.82) is 0 Å². The summed E-state index contributed by atoms with van der Waals surface area (Å²) < 4.78 is 4.46. The molecule has 9 rings (SSSR count). The smallest absolute Gasteiger partial charge is 0.145 e. The molecule has 0 fully saturated rings. The molecule has 0 spiro atoms. The Hall–Kier alpha value is -6.76. The van der Waals surface area contributed by atoms with E-state index in [1.165, 1.54) is 0 Å². The van der Waals surface area contributed by atoms with Crippen molar-refractivity contribution in [3.05, 3.63) is 194 Å². The number of nitrogens with two attached hydrogens (primary N) is 1. The average Bonchev–Trinajstić information content (AvgIpc) is 3.79. The molecule has 0 aliphatic rings. The Labute approximate surface area is 296 Å². The highest BCUT2D eigenvalue weighted by Gasteiger charge is 2.24. The summed E-state index contributed by atoms with van der Waals surface area (Å²) in [6, 6.07) is 64.6. The highest BCUT2D eigenvalue weighted by atomic mass is 15.2. The Morgan fingerprint density at radius 2 is 0.804 bits per heavy atom. The second-order valence-electron chi connectivity index (χ2n) is 12.5. The molecule has 2 aromatic heterocycles. The minimum Gasteiger partial charge on any atom is -0.321 e. The molecule has 0 amide bonds. The van der Waals surface area contributed by atoms with Crippen LogP contribution in [-0.2, 0) is 0 Å². The molecule has 0 saturated carbocycles. The van der Waals surface area contributed by atoms with Gasteiger partial charge in [0.15, 0.2) is 0 Å². The molecular weight excluding hydrogens is 625 g/mol. The van der Waals surface area contributed by atoms with Gasteiger partial charge in [0.1, 0.15) is 17.8 Å². The fourth-order valence-corrected chi connectivity index (χ4v) is 6.99. The highest BCUT2D eigenvalue weighted by molar-refractivity contribution is 5.87. The molecule has 51 heavy (non-hydrogen) atoms. The van der Waals surface area contributed by atoms with Crippen molar-refractivity contribution in [3.8, 4) is 34.2 Å². The predicted octanol–water partition coefficient (Wildman–Crippen LogP) is 10.5. The first kappa shape index (κ1) is 30.3. The van der Waals surface area contributed by atoms with Crippen molar-refractivity contribution >= 4 is 33.4 Å². The summed E-state index contributed by atoms with van der Waals surface area (Å²) in [5, 5.41) is 0. The summed E-state index contributed by atoms with van der Waals surface area (Å²) in [4.78, 5) is 12.7. The van der Waals surface area contributed by atoms with Crippen LogP contribution in [0.5, 0.6) is 0 Å². The Morgan fingerprint density at radius 3 is 1.24 bits per heavy atom. The van der Waals surface area contributed by atoms with E-state index in [1.807, 2.05) is 60.7 Å². The number of hydrogen-bond donors (Lipinski definition) is 1. The molecule has 7 aromatic carbocycles. The average molecular weight is 659 g/mol. The molecule has 1 atom stereocenters. The fraction of sp³-hybridized carbons (Fsp3) is 0.0222. The van der Waals surface area contributed by atoms with E-state index in [1.54, 1.807) is 0 Å². The Morgan fingerprint density at radius 1 is 0.431 bits per heavy atom. The molecule has 2 heterocycles. The number of aromatic nitrogens is 4. The number of nitrogens with zero attached hydrogens (tertiary/aromatic N) is 5. The van der Waals surface area contributed by atoms with Gasteiger partial charge in [-0.15, -0.1) is 0 Å². The molecular formula is C45H34N6. The lowest BCUT2D eigenvalue weighted by molar-refractivity contribution is 0.736. The van der Waals surface area contributed by atoms with E-state index < -0.39 is 6.17 Å². The summed E-state index contributed by atoms with van der Waals surface area (Å²) in [6.45, 7) is 0. The van der Waals surface area contributed by atoms with Gasteiger partial charge in [0, 0.05) is 33.9 Å². The monoisotopic (exact) mass is 658 g/mol. The number of imidazole rings is 2. The third-order valence-electron chi connectivity index (χ3n) is 9.31. The summed E-state index contributed by atoms with van der Waals surface area (Å²) >= 11 is 0. The SMILES string of the molecule is NC(c1cc(-c2nc3ccccc3n2-c2ccccc2)cc(-c2nc3ccccc3n2-c2ccccc2)c1)N(c1ccccc1)c1ccccc1. The highest BCUT2D eigenvalue weighted by Crippen LogP contribution is 2.38. The molecule has 1 unspecified atom stereocenters. The fourth-order valence-electron chi connectivity index (χ4n) is 6.99. The van der Waals surface area contributed by atoms with Crippen molar-refractivity contribution < 1.29 is 0 Å². The number of para-hydroxylation sites is 8. The first-order chi connectivity index (χ1) is 25.2. The lowest BCUT2D eigenvalue weighted by Gasteiger charge is -2.32. The van der Waals surface area contributed by atoms with Crippen molar-refractivity contribution in [3.63, 3.8) is 0 Å². The Balaban J connectivity index is 1.33. The van der Waals surface area contributed by atoms with Gasteiger partial charge in [-0.25, -0.2) is 9.97 Å². The molecule has 0 saturated heterocycles. The number of rotatable bonds is 8. The minimum absolute atomic E-state index is 0.544. The van der Waals surface area contributed by atoms with Crippen LogP contribution in [0.15, 0.2) is 188 Å². The molecule has 2 N–H and O–H groups in total. The molecule has 0 bridgehead atoms. The summed E-state index contributed by atoms with van der Waals surface area (Å²) in [6.07, 6.45) is -0.544. The van der Waals surface area contributed by atoms with Crippen LogP contribution in [0.1, 0.15) is 11.7 Å². The molecule has 0 aliphatic heterocycles. The zero-order chi connectivity index (χ0) is 34.1. The van der Waals surface area contributed by atoms with Crippen molar-refractivity contribution in [2.75, 3.05) is 4.90 Å². The van der Waals surface area contributed by atoms with E-state index in [0.717, 1.165) is 73.2 Å². The maximum atomic E-state index is 7.42. The maximum absolute atomic E-state index is 7.42. The van der Waals surface area contributed by atoms with Gasteiger partial charge in [-0.3, -0.25) is 9.13 Å². The third-order valence-corrected chi connectivity index (χ3v) is 9.31. The lowest BCUT2D eigenvalue weighted by atomic mass is 10.0. The van der Waals surface area contributed by atoms with E-state index in [-0.39, 0.29) is 0 Å². The zero-order valence-electron chi connectivity index (χ0n) is 27.8. The van der Waals surface area contributed by atoms with E-state index in [0.29, 0.717) is 0 Å². The number of fused-ring (bicyclic) bond motifs is 2. The van der Waals surface area contributed by atoms with Crippen LogP contribution < -0.4 is 10.6 Å². The van der Waals surface area contributed by atoms with Crippen LogP contribution >= 0.6 is 0 Å². The standard InChI is InChI=1S/C45H34N6/c46-43(49(35-17-5-1-6-18-35)36-19-7-2-8-20-36)32-29-33(44-47-39-25-13-15-27-41(39)50(44)37-21-9-3-10-22-37)31-34(30-32)45-48-40-26-14-16-28-42(40)51(45)38-23-11-4-12-24-38/h1-31,43H,46H2. The normalized spacial score (nSPS) is 11.9. The second kappa shape index (κ2) is 12.9. The van der Waals surface area contributed by atoms with Gasteiger partial charge in [0.05, 0.1) is 22.1 Å². The van der Waals surface area contributed by atoms with Gasteiger partial charge in [0.2, 0.25) is 0 Å². The van der Waals surface area contributed by atoms with Crippen LogP contribution in [0.4, 0.5) is 11.4 Å². The van der Waals surface area contributed by atoms with Gasteiger partial charge in [-0.05, 0) is 96.6 Å². The first-order valence-corrected chi connectivity index (χ1v) is 17.1. The van der Waals surface area contributed by atoms with Crippen LogP contribution in [0, 0.1) is 0 Å². The number of anilines is 2. The van der Waals surface area contributed by atoms with Crippen molar-refractivity contribution in [2.45, 2.75) is 6.17 Å². The van der Waals surface area contributed by atoms with Crippen LogP contribution in [-0.4, -0.2) is 19.1 Å². The van der Waals surface area contributed by atoms with Crippen LogP contribution in [0.3, 0.4) is 0 Å². The number of benzene rings is 7. The molecule has 0 radical (unpaired) electrons. The van der Waals surface area contributed by atoms with E-state index in [4.69, 9.17) is 15.7 Å². The Kier molecular flexibility index (Phi) is 7.69. The number of hydrogen-bond acceptors (Lipinski definition) is 4. The van der Waals surface area contributed by atoms with Gasteiger partial charge in [0.25, 0.3) is 0 Å². The molecule has 9 aromatic rings. The second-order valence-corrected chi connectivity index (χ2v) is 12.5. The maximum Gasteiger partial charge on any atom is 0.145 e. The topological polar surface area (TPSA) is 64.9 Å². The zero-order valence-corrected chi connectivity index (χ0v) is 27.8.